The van der Waals surface area contributed by atoms with Gasteiger partial charge in [-0.15, -0.1) is 5.10 Å². The van der Waals surface area contributed by atoms with Crippen LogP contribution in [0.3, 0.4) is 0 Å². The Balaban J connectivity index is 1.90. The zero-order chi connectivity index (χ0) is 12.4. The van der Waals surface area contributed by atoms with Crippen LogP contribution in [0.2, 0.25) is 0 Å². The van der Waals surface area contributed by atoms with Gasteiger partial charge in [-0.25, -0.2) is 4.68 Å². The normalized spacial score (nSPS) is 17.5. The van der Waals surface area contributed by atoms with E-state index in [0.29, 0.717) is 13.2 Å². The van der Waals surface area contributed by atoms with Crippen molar-refractivity contribution in [2.24, 2.45) is 5.73 Å². The molecule has 1 unspecified atom stereocenters. The molecule has 1 aromatic heterocycles. The number of ether oxygens (including phenoxy) is 1. The van der Waals surface area contributed by atoms with Crippen molar-refractivity contribution in [3.05, 3.63) is 35.7 Å². The van der Waals surface area contributed by atoms with Crippen molar-refractivity contribution < 1.29 is 4.74 Å². The first-order valence-electron chi connectivity index (χ1n) is 6.08. The molecule has 0 spiro atoms. The second kappa shape index (κ2) is 4.73. The Labute approximate surface area is 105 Å². The van der Waals surface area contributed by atoms with Gasteiger partial charge in [-0.1, -0.05) is 18.2 Å². The number of para-hydroxylation sites is 1. The highest BCUT2D eigenvalue weighted by atomic mass is 16.5. The number of hydrogen-bond donors (Lipinski definition) is 1. The number of nitrogens with two attached hydrogens (primary N) is 1. The average Bonchev–Trinajstić information content (AvgIpc) is 3.02. The van der Waals surface area contributed by atoms with Gasteiger partial charge in [0.2, 0.25) is 0 Å². The molecule has 0 radical (unpaired) electrons. The average molecular weight is 245 g/mol. The van der Waals surface area contributed by atoms with Crippen LogP contribution >= 0.6 is 0 Å². The first-order chi connectivity index (χ1) is 8.90. The summed E-state index contributed by atoms with van der Waals surface area (Å²) in [7, 11) is 0. The molecule has 2 heterocycles. The Morgan fingerprint density at radius 3 is 3.17 bits per heavy atom. The van der Waals surface area contributed by atoms with Crippen molar-refractivity contribution in [1.29, 1.82) is 0 Å². The largest absolute Gasteiger partial charge is 0.492 e. The minimum Gasteiger partial charge on any atom is -0.492 e. The summed E-state index contributed by atoms with van der Waals surface area (Å²) in [5.41, 5.74) is 6.67. The SMILES string of the molecule is NCCCn1nnnc1C1COc2ccccc21. The summed E-state index contributed by atoms with van der Waals surface area (Å²) in [4.78, 5) is 0. The molecular weight excluding hydrogens is 230 g/mol. The zero-order valence-corrected chi connectivity index (χ0v) is 9.99. The van der Waals surface area contributed by atoms with Crippen LogP contribution in [0.5, 0.6) is 5.75 Å². The molecule has 1 aliphatic rings. The van der Waals surface area contributed by atoms with E-state index in [0.717, 1.165) is 30.1 Å². The molecule has 0 aliphatic carbocycles. The first-order valence-corrected chi connectivity index (χ1v) is 6.08. The fourth-order valence-corrected chi connectivity index (χ4v) is 2.24. The lowest BCUT2D eigenvalue weighted by Crippen LogP contribution is -2.15. The predicted molar refractivity (Wildman–Crippen MR) is 65.3 cm³/mol. The number of aryl methyl sites for hydroxylation is 1. The van der Waals surface area contributed by atoms with Crippen LogP contribution in [0.25, 0.3) is 0 Å². The van der Waals surface area contributed by atoms with Crippen LogP contribution < -0.4 is 10.5 Å². The van der Waals surface area contributed by atoms with Gasteiger partial charge in [0.15, 0.2) is 5.82 Å². The van der Waals surface area contributed by atoms with E-state index in [9.17, 15) is 0 Å². The van der Waals surface area contributed by atoms with Gasteiger partial charge in [-0.05, 0) is 29.5 Å². The van der Waals surface area contributed by atoms with E-state index >= 15 is 0 Å². The third-order valence-electron chi connectivity index (χ3n) is 3.15. The van der Waals surface area contributed by atoms with Gasteiger partial charge in [0.1, 0.15) is 12.4 Å². The summed E-state index contributed by atoms with van der Waals surface area (Å²) in [5.74, 6) is 1.90. The Hall–Kier alpha value is -1.95. The zero-order valence-electron chi connectivity index (χ0n) is 9.99. The van der Waals surface area contributed by atoms with Gasteiger partial charge >= 0.3 is 0 Å². The number of hydrogen-bond acceptors (Lipinski definition) is 5. The summed E-state index contributed by atoms with van der Waals surface area (Å²) < 4.78 is 7.48. The van der Waals surface area contributed by atoms with Gasteiger partial charge in [0.25, 0.3) is 0 Å². The molecule has 2 N–H and O–H groups in total. The maximum Gasteiger partial charge on any atom is 0.162 e. The molecule has 1 aromatic carbocycles. The van der Waals surface area contributed by atoms with E-state index in [1.54, 1.807) is 0 Å². The number of tetrazole rings is 1. The third-order valence-corrected chi connectivity index (χ3v) is 3.15. The van der Waals surface area contributed by atoms with E-state index in [-0.39, 0.29) is 5.92 Å². The summed E-state index contributed by atoms with van der Waals surface area (Å²) in [6.45, 7) is 1.98. The fourth-order valence-electron chi connectivity index (χ4n) is 2.24. The molecule has 6 heteroatoms. The molecule has 1 atom stereocenters. The summed E-state index contributed by atoms with van der Waals surface area (Å²) in [5, 5.41) is 11.9. The van der Waals surface area contributed by atoms with Crippen LogP contribution in [-0.2, 0) is 6.54 Å². The van der Waals surface area contributed by atoms with Crippen molar-refractivity contribution in [2.45, 2.75) is 18.9 Å². The highest BCUT2D eigenvalue weighted by Gasteiger charge is 2.29. The minimum absolute atomic E-state index is 0.119. The Morgan fingerprint density at radius 1 is 1.39 bits per heavy atom. The monoisotopic (exact) mass is 245 g/mol. The van der Waals surface area contributed by atoms with E-state index in [1.807, 2.05) is 22.9 Å². The molecule has 94 valence electrons. The lowest BCUT2D eigenvalue weighted by molar-refractivity contribution is 0.335. The Bertz CT molecular complexity index is 539. The number of rotatable bonds is 4. The molecule has 2 aromatic rings. The molecule has 0 amide bonds. The molecule has 18 heavy (non-hydrogen) atoms. The number of fused-ring (bicyclic) bond motifs is 1. The highest BCUT2D eigenvalue weighted by Crippen LogP contribution is 2.36. The smallest absolute Gasteiger partial charge is 0.162 e. The second-order valence-electron chi connectivity index (χ2n) is 4.30. The minimum atomic E-state index is 0.119. The molecule has 3 rings (SSSR count). The van der Waals surface area contributed by atoms with E-state index in [1.165, 1.54) is 0 Å². The maximum absolute atomic E-state index is 5.66. The van der Waals surface area contributed by atoms with Crippen molar-refractivity contribution in [3.63, 3.8) is 0 Å². The summed E-state index contributed by atoms with van der Waals surface area (Å²) >= 11 is 0. The second-order valence-corrected chi connectivity index (χ2v) is 4.30. The van der Waals surface area contributed by atoms with Gasteiger partial charge in [0.05, 0.1) is 5.92 Å². The van der Waals surface area contributed by atoms with Crippen LogP contribution in [0.1, 0.15) is 23.7 Å². The first kappa shape index (κ1) is 11.2. The summed E-state index contributed by atoms with van der Waals surface area (Å²) in [6, 6.07) is 8.02. The molecule has 0 saturated heterocycles. The van der Waals surface area contributed by atoms with Crippen molar-refractivity contribution in [2.75, 3.05) is 13.2 Å². The van der Waals surface area contributed by atoms with Crippen molar-refractivity contribution >= 4 is 0 Å². The van der Waals surface area contributed by atoms with Crippen molar-refractivity contribution in [3.8, 4) is 5.75 Å². The molecule has 0 saturated carbocycles. The van der Waals surface area contributed by atoms with Crippen LogP contribution in [-0.4, -0.2) is 33.4 Å². The van der Waals surface area contributed by atoms with Gasteiger partial charge < -0.3 is 10.5 Å². The number of benzene rings is 1. The van der Waals surface area contributed by atoms with E-state index in [2.05, 4.69) is 21.6 Å². The maximum atomic E-state index is 5.66. The van der Waals surface area contributed by atoms with Gasteiger partial charge in [-0.3, -0.25) is 0 Å². The molecular formula is C12H15N5O. The van der Waals surface area contributed by atoms with Crippen molar-refractivity contribution in [1.82, 2.24) is 20.2 Å². The summed E-state index contributed by atoms with van der Waals surface area (Å²) in [6.07, 6.45) is 0.868. The standard InChI is InChI=1S/C12H15N5O/c13-6-3-7-17-12(14-15-16-17)10-8-18-11-5-2-1-4-9(10)11/h1-2,4-5,10H,3,6-8,13H2. The fraction of sp³-hybridized carbons (Fsp3) is 0.417. The van der Waals surface area contributed by atoms with Crippen LogP contribution in [0.4, 0.5) is 0 Å². The lowest BCUT2D eigenvalue weighted by Gasteiger charge is -2.08. The number of nitrogens with zero attached hydrogens (tertiary/aromatic N) is 4. The van der Waals surface area contributed by atoms with Crippen LogP contribution in [0.15, 0.2) is 24.3 Å². The van der Waals surface area contributed by atoms with Gasteiger partial charge in [0, 0.05) is 12.1 Å². The lowest BCUT2D eigenvalue weighted by atomic mass is 10.0. The van der Waals surface area contributed by atoms with Crippen LogP contribution in [0, 0.1) is 0 Å². The predicted octanol–water partition coefficient (Wildman–Crippen LogP) is 0.546. The highest BCUT2D eigenvalue weighted by molar-refractivity contribution is 5.42. The van der Waals surface area contributed by atoms with E-state index < -0.39 is 0 Å². The van der Waals surface area contributed by atoms with Gasteiger partial charge in [-0.2, -0.15) is 0 Å². The Morgan fingerprint density at radius 2 is 2.28 bits per heavy atom. The third kappa shape index (κ3) is 1.84. The molecule has 0 fully saturated rings. The Kier molecular flexibility index (Phi) is 2.93. The molecule has 6 nitrogen and oxygen atoms in total. The molecule has 0 bridgehead atoms. The quantitative estimate of drug-likeness (QED) is 0.850. The topological polar surface area (TPSA) is 78.9 Å². The van der Waals surface area contributed by atoms with E-state index in [4.69, 9.17) is 10.5 Å². The number of aromatic nitrogens is 4. The molecule has 1 aliphatic heterocycles.